The molecule has 5 heteroatoms. The number of rotatable bonds is 7. The summed E-state index contributed by atoms with van der Waals surface area (Å²) in [6.07, 6.45) is 0. The molecule has 31 heavy (non-hydrogen) atoms. The van der Waals surface area contributed by atoms with E-state index >= 15 is 0 Å². The maximum atomic E-state index is 13.8. The highest BCUT2D eigenvalue weighted by Crippen LogP contribution is 2.51. The van der Waals surface area contributed by atoms with Crippen molar-refractivity contribution in [2.45, 2.75) is 13.8 Å². The van der Waals surface area contributed by atoms with Gasteiger partial charge in [-0.05, 0) is 60.4 Å². The molecule has 4 aromatic carbocycles. The van der Waals surface area contributed by atoms with E-state index < -0.39 is 7.82 Å². The molecule has 0 amide bonds. The van der Waals surface area contributed by atoms with Gasteiger partial charge in [0.15, 0.2) is 0 Å². The van der Waals surface area contributed by atoms with Crippen molar-refractivity contribution in [3.63, 3.8) is 0 Å². The summed E-state index contributed by atoms with van der Waals surface area (Å²) in [6, 6.07) is 31.9. The van der Waals surface area contributed by atoms with Crippen LogP contribution in [0, 0.1) is 13.8 Å². The minimum Gasteiger partial charge on any atom is -0.386 e. The fraction of sp³-hybridized carbons (Fsp3) is 0.0769. The van der Waals surface area contributed by atoms with Crippen molar-refractivity contribution in [3.05, 3.63) is 114 Å². The molecule has 0 fully saturated rings. The molecular formula is C26H23O4P. The lowest BCUT2D eigenvalue weighted by atomic mass is 10.1. The number of benzene rings is 4. The summed E-state index contributed by atoms with van der Waals surface area (Å²) in [4.78, 5) is 0. The molecule has 0 radical (unpaired) electrons. The maximum absolute atomic E-state index is 13.8. The fourth-order valence-corrected chi connectivity index (χ4v) is 4.48. The van der Waals surface area contributed by atoms with E-state index in [1.54, 1.807) is 18.2 Å². The Morgan fingerprint density at radius 3 is 1.65 bits per heavy atom. The Balaban J connectivity index is 1.68. The minimum atomic E-state index is -4.05. The van der Waals surface area contributed by atoms with E-state index in [0.29, 0.717) is 17.2 Å². The van der Waals surface area contributed by atoms with E-state index in [2.05, 4.69) is 0 Å². The number of phosphoric acid groups is 1. The Labute approximate surface area is 182 Å². The second kappa shape index (κ2) is 9.11. The minimum absolute atomic E-state index is 0.395. The van der Waals surface area contributed by atoms with Gasteiger partial charge in [-0.3, -0.25) is 0 Å². The van der Waals surface area contributed by atoms with Gasteiger partial charge in [-0.1, -0.05) is 78.9 Å². The molecule has 0 aliphatic carbocycles. The van der Waals surface area contributed by atoms with Crippen LogP contribution in [0.2, 0.25) is 0 Å². The summed E-state index contributed by atoms with van der Waals surface area (Å²) in [5, 5.41) is 0. The van der Waals surface area contributed by atoms with E-state index in [1.165, 1.54) is 0 Å². The highest BCUT2D eigenvalue weighted by Gasteiger charge is 2.34. The quantitative estimate of drug-likeness (QED) is 0.283. The van der Waals surface area contributed by atoms with E-state index in [-0.39, 0.29) is 0 Å². The Bertz CT molecular complexity index is 1170. The second-order valence-electron chi connectivity index (χ2n) is 7.15. The van der Waals surface area contributed by atoms with Gasteiger partial charge in [-0.25, -0.2) is 0 Å². The number of para-hydroxylation sites is 2. The van der Waals surface area contributed by atoms with E-state index in [0.717, 1.165) is 22.3 Å². The summed E-state index contributed by atoms with van der Waals surface area (Å²) in [6.45, 7) is 3.76. The molecule has 0 unspecified atom stereocenters. The van der Waals surface area contributed by atoms with Crippen LogP contribution < -0.4 is 13.6 Å². The van der Waals surface area contributed by atoms with Crippen LogP contribution in [0.3, 0.4) is 0 Å². The summed E-state index contributed by atoms with van der Waals surface area (Å²) in [5.41, 5.74) is 3.63. The normalized spacial score (nSPS) is 11.0. The van der Waals surface area contributed by atoms with Crippen LogP contribution >= 0.6 is 7.82 Å². The average molecular weight is 430 g/mol. The molecule has 0 spiro atoms. The molecule has 0 aliphatic heterocycles. The first-order valence-corrected chi connectivity index (χ1v) is 11.4. The third kappa shape index (κ3) is 5.17. The first kappa shape index (κ1) is 20.8. The molecule has 4 aromatic rings. The number of phosphoric ester groups is 1. The molecule has 4 nitrogen and oxygen atoms in total. The van der Waals surface area contributed by atoms with Gasteiger partial charge in [0.05, 0.1) is 0 Å². The zero-order chi connectivity index (χ0) is 21.7. The predicted molar refractivity (Wildman–Crippen MR) is 124 cm³/mol. The lowest BCUT2D eigenvalue weighted by molar-refractivity contribution is 0.297. The van der Waals surface area contributed by atoms with E-state index in [4.69, 9.17) is 13.6 Å². The summed E-state index contributed by atoms with van der Waals surface area (Å²) in [5.74, 6) is 1.28. The molecule has 0 heterocycles. The third-order valence-electron chi connectivity index (χ3n) is 4.77. The molecule has 0 bridgehead atoms. The van der Waals surface area contributed by atoms with Crippen molar-refractivity contribution in [1.82, 2.24) is 0 Å². The van der Waals surface area contributed by atoms with Crippen molar-refractivity contribution in [2.24, 2.45) is 0 Å². The van der Waals surface area contributed by atoms with Gasteiger partial charge in [0.2, 0.25) is 0 Å². The molecule has 0 N–H and O–H groups in total. The predicted octanol–water partition coefficient (Wildman–Crippen LogP) is 7.62. The van der Waals surface area contributed by atoms with Crippen LogP contribution in [-0.4, -0.2) is 0 Å². The van der Waals surface area contributed by atoms with Gasteiger partial charge in [-0.2, -0.15) is 4.57 Å². The van der Waals surface area contributed by atoms with Gasteiger partial charge in [-0.15, -0.1) is 0 Å². The Morgan fingerprint density at radius 2 is 1.06 bits per heavy atom. The second-order valence-corrected chi connectivity index (χ2v) is 8.59. The zero-order valence-electron chi connectivity index (χ0n) is 17.4. The summed E-state index contributed by atoms with van der Waals surface area (Å²) < 4.78 is 31.4. The lowest BCUT2D eigenvalue weighted by Gasteiger charge is -2.21. The van der Waals surface area contributed by atoms with Gasteiger partial charge in [0.25, 0.3) is 0 Å². The maximum Gasteiger partial charge on any atom is 0.647 e. The fourth-order valence-electron chi connectivity index (χ4n) is 3.11. The van der Waals surface area contributed by atoms with Crippen LogP contribution in [-0.2, 0) is 4.57 Å². The van der Waals surface area contributed by atoms with Gasteiger partial charge >= 0.3 is 7.82 Å². The molecular weight excluding hydrogens is 407 g/mol. The van der Waals surface area contributed by atoms with Crippen molar-refractivity contribution in [3.8, 4) is 28.4 Å². The first-order valence-electron chi connectivity index (χ1n) is 9.98. The largest absolute Gasteiger partial charge is 0.647 e. The molecule has 0 atom stereocenters. The standard InChI is InChI=1S/C26H23O4P/c1-20-11-6-8-17-25(20)29-31(27,30-26-18-9-7-12-21(26)2)28-24-16-10-15-23(19-24)22-13-4-3-5-14-22/h3-19H,1-2H3. The van der Waals surface area contributed by atoms with Crippen molar-refractivity contribution in [2.75, 3.05) is 0 Å². The highest BCUT2D eigenvalue weighted by atomic mass is 31.2. The number of hydrogen-bond acceptors (Lipinski definition) is 4. The van der Waals surface area contributed by atoms with Crippen LogP contribution in [0.4, 0.5) is 0 Å². The summed E-state index contributed by atoms with van der Waals surface area (Å²) >= 11 is 0. The third-order valence-corrected chi connectivity index (χ3v) is 6.04. The Kier molecular flexibility index (Phi) is 6.11. The van der Waals surface area contributed by atoms with Crippen LogP contribution in [0.25, 0.3) is 11.1 Å². The summed E-state index contributed by atoms with van der Waals surface area (Å²) in [7, 11) is -4.05. The van der Waals surface area contributed by atoms with Gasteiger partial charge in [0.1, 0.15) is 17.2 Å². The molecule has 156 valence electrons. The first-order chi connectivity index (χ1) is 15.0. The van der Waals surface area contributed by atoms with Gasteiger partial charge in [0, 0.05) is 0 Å². The number of hydrogen-bond donors (Lipinski definition) is 0. The number of aryl methyl sites for hydroxylation is 2. The van der Waals surface area contributed by atoms with Crippen molar-refractivity contribution >= 4 is 7.82 Å². The Morgan fingerprint density at radius 1 is 0.548 bits per heavy atom. The topological polar surface area (TPSA) is 44.8 Å². The SMILES string of the molecule is Cc1ccccc1OP(=O)(Oc1cccc(-c2ccccc2)c1)Oc1ccccc1C. The van der Waals surface area contributed by atoms with Crippen LogP contribution in [0.1, 0.15) is 11.1 Å². The molecule has 4 rings (SSSR count). The zero-order valence-corrected chi connectivity index (χ0v) is 18.3. The van der Waals surface area contributed by atoms with Crippen LogP contribution in [0.5, 0.6) is 17.2 Å². The molecule has 0 aromatic heterocycles. The monoisotopic (exact) mass is 430 g/mol. The van der Waals surface area contributed by atoms with Crippen LogP contribution in [0.15, 0.2) is 103 Å². The van der Waals surface area contributed by atoms with Gasteiger partial charge < -0.3 is 13.6 Å². The average Bonchev–Trinajstić information content (AvgIpc) is 2.78. The van der Waals surface area contributed by atoms with Crippen molar-refractivity contribution < 1.29 is 18.1 Å². The lowest BCUT2D eigenvalue weighted by Crippen LogP contribution is -2.08. The van der Waals surface area contributed by atoms with Crippen molar-refractivity contribution in [1.29, 1.82) is 0 Å². The van der Waals surface area contributed by atoms with E-state index in [9.17, 15) is 4.57 Å². The molecule has 0 aliphatic rings. The Hall–Kier alpha value is -3.49. The molecule has 0 saturated heterocycles. The highest BCUT2D eigenvalue weighted by molar-refractivity contribution is 7.49. The molecule has 0 saturated carbocycles. The smallest absolute Gasteiger partial charge is 0.386 e. The van der Waals surface area contributed by atoms with E-state index in [1.807, 2.05) is 98.8 Å².